The Morgan fingerprint density at radius 3 is 1.29 bits per heavy atom. The Kier molecular flexibility index (Phi) is 14.9. The largest absolute Gasteiger partial charge is 0.481 e. The van der Waals surface area contributed by atoms with Gasteiger partial charge in [0, 0.05) is 31.3 Å². The van der Waals surface area contributed by atoms with Crippen molar-refractivity contribution >= 4 is 35.9 Å². The number of hydrogen-bond acceptors (Lipinski definition) is 8. The van der Waals surface area contributed by atoms with E-state index < -0.39 is 36.6 Å². The summed E-state index contributed by atoms with van der Waals surface area (Å²) in [4.78, 5) is 67.5. The second kappa shape index (κ2) is 19.9. The van der Waals surface area contributed by atoms with Gasteiger partial charge in [0.05, 0.1) is 6.42 Å². The Labute approximate surface area is 318 Å². The Balaban J connectivity index is 0.000000241. The zero-order valence-electron chi connectivity index (χ0n) is 29.2. The number of aliphatic carboxylic acids is 2. The Hall–Kier alpha value is -6.70. The lowest BCUT2D eigenvalue weighted by Gasteiger charge is -2.14. The zero-order valence-corrected chi connectivity index (χ0v) is 29.2. The minimum Gasteiger partial charge on any atom is -0.481 e. The van der Waals surface area contributed by atoms with Gasteiger partial charge in [0.15, 0.2) is 0 Å². The van der Waals surface area contributed by atoms with Gasteiger partial charge in [-0.25, -0.2) is 9.59 Å². The summed E-state index contributed by atoms with van der Waals surface area (Å²) in [5.41, 5.74) is 9.04. The second-order valence-corrected chi connectivity index (χ2v) is 12.3. The van der Waals surface area contributed by atoms with Crippen LogP contribution >= 0.6 is 0 Å². The van der Waals surface area contributed by atoms with Gasteiger partial charge in [-0.3, -0.25) is 19.2 Å². The normalized spacial score (nSPS) is 11.8. The van der Waals surface area contributed by atoms with Gasteiger partial charge in [0.1, 0.15) is 26.3 Å². The highest BCUT2D eigenvalue weighted by atomic mass is 16.6. The predicted octanol–water partition coefficient (Wildman–Crippen LogP) is 4.87. The van der Waals surface area contributed by atoms with Crippen molar-refractivity contribution < 1.29 is 48.5 Å². The molecule has 0 radical (unpaired) electrons. The van der Waals surface area contributed by atoms with Gasteiger partial charge in [-0.15, -0.1) is 0 Å². The number of nitrogens with one attached hydrogen (secondary N) is 4. The lowest BCUT2D eigenvalue weighted by atomic mass is 9.98. The molecule has 14 heteroatoms. The van der Waals surface area contributed by atoms with Crippen LogP contribution in [0.4, 0.5) is 9.59 Å². The first-order chi connectivity index (χ1) is 26.1. The first kappa shape index (κ1) is 41.1. The van der Waals surface area contributed by atoms with Crippen LogP contribution < -0.4 is 21.3 Å². The van der Waals surface area contributed by atoms with E-state index in [2.05, 4.69) is 33.4 Å². The highest BCUT2D eigenvalue weighted by Crippen LogP contribution is 2.45. The van der Waals surface area contributed by atoms with E-state index in [0.29, 0.717) is 0 Å². The van der Waals surface area contributed by atoms with Crippen LogP contribution in [0.15, 0.2) is 97.1 Å². The second-order valence-electron chi connectivity index (χ2n) is 12.3. The number of carbonyl (C=O) groups is 6. The molecule has 0 unspecified atom stereocenters. The van der Waals surface area contributed by atoms with Crippen molar-refractivity contribution in [3.63, 3.8) is 0 Å². The number of fused-ring (bicyclic) bond motifs is 6. The van der Waals surface area contributed by atoms with E-state index in [1.807, 2.05) is 84.9 Å². The number of carbonyl (C=O) groups excluding carboxylic acids is 4. The summed E-state index contributed by atoms with van der Waals surface area (Å²) in [6.45, 7) is -0.287. The SMILES string of the molecule is C.O=C(O)CCNC(=O)CCNC(=O)OCC1c2ccccc2-c2ccccc21.O=C(O)CNC(=O)CNC(=O)OCC1c2ccccc2-c2ccccc21. The third-order valence-corrected chi connectivity index (χ3v) is 8.80. The molecule has 0 saturated carbocycles. The summed E-state index contributed by atoms with van der Waals surface area (Å²) in [6, 6.07) is 32.1. The predicted molar refractivity (Wildman–Crippen MR) is 203 cm³/mol. The average molecular weight is 753 g/mol. The van der Waals surface area contributed by atoms with Crippen molar-refractivity contribution in [2.24, 2.45) is 0 Å². The van der Waals surface area contributed by atoms with Crippen LogP contribution in [0, 0.1) is 0 Å². The van der Waals surface area contributed by atoms with Gasteiger partial charge >= 0.3 is 24.1 Å². The van der Waals surface area contributed by atoms with Gasteiger partial charge in [0.2, 0.25) is 11.8 Å². The molecule has 4 aromatic carbocycles. The van der Waals surface area contributed by atoms with Crippen molar-refractivity contribution in [3.8, 4) is 22.3 Å². The number of carboxylic acid groups (broad SMARTS) is 2. The molecule has 14 nitrogen and oxygen atoms in total. The lowest BCUT2D eigenvalue weighted by Crippen LogP contribution is -2.39. The van der Waals surface area contributed by atoms with Crippen molar-refractivity contribution in [3.05, 3.63) is 119 Å². The smallest absolute Gasteiger partial charge is 0.407 e. The summed E-state index contributed by atoms with van der Waals surface area (Å²) < 4.78 is 10.6. The molecular weight excluding hydrogens is 708 g/mol. The molecule has 55 heavy (non-hydrogen) atoms. The maximum atomic E-state index is 12.0. The quantitative estimate of drug-likeness (QED) is 0.103. The third kappa shape index (κ3) is 11.2. The molecule has 0 aliphatic heterocycles. The van der Waals surface area contributed by atoms with Gasteiger partial charge in [-0.2, -0.15) is 0 Å². The van der Waals surface area contributed by atoms with Gasteiger partial charge < -0.3 is 41.0 Å². The van der Waals surface area contributed by atoms with Crippen LogP contribution in [-0.2, 0) is 28.7 Å². The van der Waals surface area contributed by atoms with E-state index in [1.165, 1.54) is 0 Å². The molecule has 2 aliphatic rings. The molecule has 0 atom stereocenters. The van der Waals surface area contributed by atoms with Crippen LogP contribution in [0.1, 0.15) is 54.4 Å². The van der Waals surface area contributed by atoms with Crippen LogP contribution in [0.3, 0.4) is 0 Å². The minimum absolute atomic E-state index is 0. The monoisotopic (exact) mass is 752 g/mol. The van der Waals surface area contributed by atoms with E-state index >= 15 is 0 Å². The first-order valence-electron chi connectivity index (χ1n) is 17.3. The zero-order chi connectivity index (χ0) is 38.5. The molecule has 6 rings (SSSR count). The summed E-state index contributed by atoms with van der Waals surface area (Å²) in [7, 11) is 0. The van der Waals surface area contributed by atoms with Gasteiger partial charge in [0.25, 0.3) is 0 Å². The third-order valence-electron chi connectivity index (χ3n) is 8.80. The maximum Gasteiger partial charge on any atom is 0.407 e. The van der Waals surface area contributed by atoms with Gasteiger partial charge in [-0.05, 0) is 44.5 Å². The molecule has 0 spiro atoms. The molecule has 6 N–H and O–H groups in total. The molecule has 0 fully saturated rings. The van der Waals surface area contributed by atoms with Crippen molar-refractivity contribution in [1.29, 1.82) is 0 Å². The fourth-order valence-corrected chi connectivity index (χ4v) is 6.36. The first-order valence-corrected chi connectivity index (χ1v) is 17.3. The van der Waals surface area contributed by atoms with Crippen molar-refractivity contribution in [2.75, 3.05) is 39.4 Å². The summed E-state index contributed by atoms with van der Waals surface area (Å²) in [5.74, 6) is -3.12. The molecule has 0 heterocycles. The number of hydrogen-bond donors (Lipinski definition) is 6. The number of ether oxygens (including phenoxy) is 2. The fourth-order valence-electron chi connectivity index (χ4n) is 6.36. The number of alkyl carbamates (subject to hydrolysis) is 2. The van der Waals surface area contributed by atoms with Crippen molar-refractivity contribution in [1.82, 2.24) is 21.3 Å². The summed E-state index contributed by atoms with van der Waals surface area (Å²) in [5, 5.41) is 26.5. The molecular formula is C41H44N4O10. The Morgan fingerprint density at radius 2 is 0.873 bits per heavy atom. The van der Waals surface area contributed by atoms with Crippen molar-refractivity contribution in [2.45, 2.75) is 32.1 Å². The molecule has 0 aromatic heterocycles. The average Bonchev–Trinajstić information content (AvgIpc) is 3.67. The van der Waals surface area contributed by atoms with Crippen LogP contribution in [-0.4, -0.2) is 85.5 Å². The lowest BCUT2D eigenvalue weighted by molar-refractivity contribution is -0.138. The topological polar surface area (TPSA) is 209 Å². The van der Waals surface area contributed by atoms with E-state index in [1.54, 1.807) is 0 Å². The Morgan fingerprint density at radius 1 is 0.473 bits per heavy atom. The maximum absolute atomic E-state index is 12.0. The van der Waals surface area contributed by atoms with Crippen LogP contribution in [0.25, 0.3) is 22.3 Å². The van der Waals surface area contributed by atoms with Gasteiger partial charge in [-0.1, -0.05) is 104 Å². The number of rotatable bonds is 14. The van der Waals surface area contributed by atoms with Crippen LogP contribution in [0.5, 0.6) is 0 Å². The molecule has 4 aromatic rings. The number of amides is 4. The fraction of sp³-hybridized carbons (Fsp3) is 0.268. The highest BCUT2D eigenvalue weighted by molar-refractivity contribution is 5.85. The number of carboxylic acids is 2. The van der Waals surface area contributed by atoms with E-state index in [4.69, 9.17) is 19.7 Å². The van der Waals surface area contributed by atoms with E-state index in [0.717, 1.165) is 44.5 Å². The molecule has 4 amide bonds. The van der Waals surface area contributed by atoms with E-state index in [-0.39, 0.29) is 70.9 Å². The summed E-state index contributed by atoms with van der Waals surface area (Å²) in [6.07, 6.45) is -1.38. The minimum atomic E-state index is -1.15. The highest BCUT2D eigenvalue weighted by Gasteiger charge is 2.30. The molecule has 2 aliphatic carbocycles. The molecule has 288 valence electrons. The summed E-state index contributed by atoms with van der Waals surface area (Å²) >= 11 is 0. The molecule has 0 bridgehead atoms. The van der Waals surface area contributed by atoms with E-state index in [9.17, 15) is 28.8 Å². The standard InChI is InChI=1S/C21H22N2O5.C19H18N2O5.CH4/c24-19(22-12-10-20(25)26)9-11-23-21(27)28-13-18-16-7-3-1-5-14(16)15-6-2-4-8-17(15)18;22-17(20-10-18(23)24)9-21-19(25)26-11-16-14-7-3-1-5-12(14)13-6-2-4-8-15(13)16;/h1-8,18H,9-13H2,(H,22,24)(H,23,27)(H,25,26);1-8,16H,9-11H2,(H,20,22)(H,21,25)(H,23,24);1H4. The van der Waals surface area contributed by atoms with Crippen LogP contribution in [0.2, 0.25) is 0 Å². The molecule has 0 saturated heterocycles. The number of benzene rings is 4. The Bertz CT molecular complexity index is 1930.